The Morgan fingerprint density at radius 1 is 1.17 bits per heavy atom. The van der Waals surface area contributed by atoms with Gasteiger partial charge in [0.1, 0.15) is 0 Å². The van der Waals surface area contributed by atoms with Crippen LogP contribution in [0.1, 0.15) is 17.9 Å². The average Bonchev–Trinajstić information content (AvgIpc) is 2.21. The second-order valence-corrected chi connectivity index (χ2v) is 3.05. The maximum absolute atomic E-state index is 5.26. The Kier molecular flexibility index (Phi) is 2.12. The molecule has 0 spiro atoms. The molecule has 1 unspecified atom stereocenters. The quantitative estimate of drug-likeness (QED) is 0.613. The fourth-order valence-corrected chi connectivity index (χ4v) is 1.49. The highest BCUT2D eigenvalue weighted by Gasteiger charge is 2.11. The van der Waals surface area contributed by atoms with Gasteiger partial charge in [-0.2, -0.15) is 0 Å². The van der Waals surface area contributed by atoms with Crippen LogP contribution in [-0.2, 0) is 4.74 Å². The van der Waals surface area contributed by atoms with E-state index in [0.29, 0.717) is 5.92 Å². The van der Waals surface area contributed by atoms with Crippen molar-refractivity contribution in [1.82, 2.24) is 0 Å². The summed E-state index contributed by atoms with van der Waals surface area (Å²) in [6.07, 6.45) is 4.98. The summed E-state index contributed by atoms with van der Waals surface area (Å²) in [6.45, 7) is 0.820. The first-order valence-corrected chi connectivity index (χ1v) is 4.28. The van der Waals surface area contributed by atoms with E-state index in [1.54, 1.807) is 6.26 Å². The van der Waals surface area contributed by atoms with Gasteiger partial charge in [-0.05, 0) is 18.1 Å². The highest BCUT2D eigenvalue weighted by molar-refractivity contribution is 5.20. The molecular weight excluding hydrogens is 148 g/mol. The molecule has 1 heterocycles. The van der Waals surface area contributed by atoms with Gasteiger partial charge in [0.2, 0.25) is 0 Å². The summed E-state index contributed by atoms with van der Waals surface area (Å²) in [5.74, 6) is 0.552. The van der Waals surface area contributed by atoms with E-state index in [0.717, 1.165) is 13.0 Å². The highest BCUT2D eigenvalue weighted by atomic mass is 16.5. The van der Waals surface area contributed by atoms with Gasteiger partial charge in [0.05, 0.1) is 12.9 Å². The van der Waals surface area contributed by atoms with E-state index in [1.807, 2.05) is 6.07 Å². The summed E-state index contributed by atoms with van der Waals surface area (Å²) in [5.41, 5.74) is 1.38. The lowest BCUT2D eigenvalue weighted by molar-refractivity contribution is 0.210. The summed E-state index contributed by atoms with van der Waals surface area (Å²) >= 11 is 0. The monoisotopic (exact) mass is 160 g/mol. The van der Waals surface area contributed by atoms with Crippen molar-refractivity contribution < 1.29 is 4.74 Å². The van der Waals surface area contributed by atoms with Gasteiger partial charge >= 0.3 is 0 Å². The third kappa shape index (κ3) is 1.50. The van der Waals surface area contributed by atoms with Crippen LogP contribution >= 0.6 is 0 Å². The molecule has 1 heteroatoms. The Balaban J connectivity index is 2.15. The molecule has 0 N–H and O–H groups in total. The van der Waals surface area contributed by atoms with E-state index in [2.05, 4.69) is 30.3 Å². The van der Waals surface area contributed by atoms with E-state index in [9.17, 15) is 0 Å². The van der Waals surface area contributed by atoms with Crippen molar-refractivity contribution in [3.63, 3.8) is 0 Å². The molecule has 0 radical (unpaired) electrons. The van der Waals surface area contributed by atoms with E-state index < -0.39 is 0 Å². The zero-order chi connectivity index (χ0) is 8.23. The molecule has 1 aliphatic heterocycles. The van der Waals surface area contributed by atoms with Gasteiger partial charge < -0.3 is 4.74 Å². The summed E-state index contributed by atoms with van der Waals surface area (Å²) in [6, 6.07) is 10.5. The standard InChI is InChI=1S/C11H12O/c1-2-5-10(6-3-1)11-7-4-8-12-9-11/h1-6,8,11H,7,9H2. The predicted molar refractivity (Wildman–Crippen MR) is 48.9 cm³/mol. The normalized spacial score (nSPS) is 21.8. The molecule has 1 aliphatic rings. The number of hydrogen-bond donors (Lipinski definition) is 0. The fraction of sp³-hybridized carbons (Fsp3) is 0.273. The number of allylic oxidation sites excluding steroid dienone is 1. The summed E-state index contributed by atoms with van der Waals surface area (Å²) in [5, 5.41) is 0. The molecule has 0 saturated carbocycles. The van der Waals surface area contributed by atoms with Gasteiger partial charge in [0.15, 0.2) is 0 Å². The van der Waals surface area contributed by atoms with Crippen molar-refractivity contribution in [2.45, 2.75) is 12.3 Å². The molecule has 0 aliphatic carbocycles. The van der Waals surface area contributed by atoms with Crippen LogP contribution in [0, 0.1) is 0 Å². The third-order valence-corrected chi connectivity index (χ3v) is 2.18. The molecule has 0 fully saturated rings. The van der Waals surface area contributed by atoms with Crippen LogP contribution in [0.5, 0.6) is 0 Å². The number of rotatable bonds is 1. The maximum Gasteiger partial charge on any atom is 0.0944 e. The van der Waals surface area contributed by atoms with Gasteiger partial charge in [-0.15, -0.1) is 0 Å². The Labute approximate surface area is 72.7 Å². The minimum atomic E-state index is 0.552. The Hall–Kier alpha value is -1.24. The van der Waals surface area contributed by atoms with Gasteiger partial charge in [0.25, 0.3) is 0 Å². The van der Waals surface area contributed by atoms with Crippen molar-refractivity contribution in [3.05, 3.63) is 48.2 Å². The highest BCUT2D eigenvalue weighted by Crippen LogP contribution is 2.22. The first-order chi connectivity index (χ1) is 5.97. The maximum atomic E-state index is 5.26. The molecule has 1 atom stereocenters. The summed E-state index contributed by atoms with van der Waals surface area (Å²) in [4.78, 5) is 0. The van der Waals surface area contributed by atoms with E-state index in [-0.39, 0.29) is 0 Å². The van der Waals surface area contributed by atoms with Crippen LogP contribution in [0.15, 0.2) is 42.7 Å². The molecule has 2 rings (SSSR count). The lowest BCUT2D eigenvalue weighted by Gasteiger charge is -2.18. The molecule has 1 aromatic rings. The van der Waals surface area contributed by atoms with Crippen LogP contribution in [0.25, 0.3) is 0 Å². The van der Waals surface area contributed by atoms with E-state index in [4.69, 9.17) is 4.74 Å². The largest absolute Gasteiger partial charge is 0.501 e. The molecule has 0 bridgehead atoms. The molecule has 62 valence electrons. The molecule has 12 heavy (non-hydrogen) atoms. The molecular formula is C11H12O. The SMILES string of the molecule is C1=COCC(c2ccccc2)C1. The van der Waals surface area contributed by atoms with Crippen LogP contribution < -0.4 is 0 Å². The first kappa shape index (κ1) is 7.41. The van der Waals surface area contributed by atoms with Crippen LogP contribution in [0.2, 0.25) is 0 Å². The Morgan fingerprint density at radius 3 is 2.67 bits per heavy atom. The Morgan fingerprint density at radius 2 is 2.00 bits per heavy atom. The van der Waals surface area contributed by atoms with Crippen molar-refractivity contribution in [1.29, 1.82) is 0 Å². The average molecular weight is 160 g/mol. The van der Waals surface area contributed by atoms with Crippen molar-refractivity contribution in [2.24, 2.45) is 0 Å². The number of benzene rings is 1. The second-order valence-electron chi connectivity index (χ2n) is 3.05. The molecule has 0 amide bonds. The zero-order valence-electron chi connectivity index (χ0n) is 6.94. The van der Waals surface area contributed by atoms with Crippen LogP contribution in [0.4, 0.5) is 0 Å². The van der Waals surface area contributed by atoms with Crippen molar-refractivity contribution in [3.8, 4) is 0 Å². The van der Waals surface area contributed by atoms with Gasteiger partial charge in [-0.3, -0.25) is 0 Å². The Bertz CT molecular complexity index is 264. The van der Waals surface area contributed by atoms with Crippen molar-refractivity contribution >= 4 is 0 Å². The summed E-state index contributed by atoms with van der Waals surface area (Å²) < 4.78 is 5.26. The smallest absolute Gasteiger partial charge is 0.0944 e. The summed E-state index contributed by atoms with van der Waals surface area (Å²) in [7, 11) is 0. The van der Waals surface area contributed by atoms with Crippen molar-refractivity contribution in [2.75, 3.05) is 6.61 Å². The number of hydrogen-bond acceptors (Lipinski definition) is 1. The van der Waals surface area contributed by atoms with Gasteiger partial charge in [0, 0.05) is 5.92 Å². The lowest BCUT2D eigenvalue weighted by Crippen LogP contribution is -2.08. The topological polar surface area (TPSA) is 9.23 Å². The molecule has 0 aromatic heterocycles. The first-order valence-electron chi connectivity index (χ1n) is 4.28. The van der Waals surface area contributed by atoms with E-state index in [1.165, 1.54) is 5.56 Å². The third-order valence-electron chi connectivity index (χ3n) is 2.18. The minimum Gasteiger partial charge on any atom is -0.501 e. The second kappa shape index (κ2) is 3.44. The predicted octanol–water partition coefficient (Wildman–Crippen LogP) is 2.70. The molecule has 0 saturated heterocycles. The van der Waals surface area contributed by atoms with Gasteiger partial charge in [-0.1, -0.05) is 30.3 Å². The van der Waals surface area contributed by atoms with E-state index >= 15 is 0 Å². The lowest BCUT2D eigenvalue weighted by atomic mass is 9.96. The number of ether oxygens (including phenoxy) is 1. The minimum absolute atomic E-state index is 0.552. The fourth-order valence-electron chi connectivity index (χ4n) is 1.49. The van der Waals surface area contributed by atoms with Crippen LogP contribution in [-0.4, -0.2) is 6.61 Å². The molecule has 1 nitrogen and oxygen atoms in total. The molecule has 1 aromatic carbocycles. The van der Waals surface area contributed by atoms with Crippen LogP contribution in [0.3, 0.4) is 0 Å². The zero-order valence-corrected chi connectivity index (χ0v) is 6.94. The van der Waals surface area contributed by atoms with Gasteiger partial charge in [-0.25, -0.2) is 0 Å².